The molecular weight excluding hydrogens is 445 g/mol. The number of benzene rings is 1. The number of unbranched alkanes of at least 4 members (excludes halogenated alkanes) is 1. The van der Waals surface area contributed by atoms with Crippen LogP contribution in [0.1, 0.15) is 43.7 Å². The van der Waals surface area contributed by atoms with Gasteiger partial charge in [-0.05, 0) is 49.8 Å². The van der Waals surface area contributed by atoms with Gasteiger partial charge < -0.3 is 14.8 Å². The molecule has 0 bridgehead atoms. The molecular formula is C26H32BN3O3S. The lowest BCUT2D eigenvalue weighted by atomic mass is 9.44. The molecule has 34 heavy (non-hydrogen) atoms. The molecule has 4 rings (SSSR count). The number of esters is 1. The van der Waals surface area contributed by atoms with E-state index >= 15 is 0 Å². The second-order valence-corrected chi connectivity index (χ2v) is 9.83. The summed E-state index contributed by atoms with van der Waals surface area (Å²) in [7, 11) is 0. The summed E-state index contributed by atoms with van der Waals surface area (Å²) in [6.45, 7) is 7.14. The van der Waals surface area contributed by atoms with E-state index < -0.39 is 0 Å². The molecule has 1 unspecified atom stereocenters. The number of hydrogen-bond acceptors (Lipinski definition) is 7. The van der Waals surface area contributed by atoms with Crippen LogP contribution in [0.5, 0.6) is 11.6 Å². The Morgan fingerprint density at radius 2 is 2.09 bits per heavy atom. The molecule has 0 spiro atoms. The van der Waals surface area contributed by atoms with E-state index in [1.807, 2.05) is 31.2 Å². The normalized spacial score (nSPS) is 14.9. The Hall–Kier alpha value is -2.87. The summed E-state index contributed by atoms with van der Waals surface area (Å²) >= 11 is 1.59. The monoisotopic (exact) mass is 477 g/mol. The number of nitrogens with zero attached hydrogens (tertiary/aromatic N) is 2. The third-order valence-electron chi connectivity index (χ3n) is 6.22. The highest BCUT2D eigenvalue weighted by Gasteiger charge is 2.28. The van der Waals surface area contributed by atoms with E-state index in [0.717, 1.165) is 46.3 Å². The van der Waals surface area contributed by atoms with E-state index in [1.54, 1.807) is 17.5 Å². The number of anilines is 2. The van der Waals surface area contributed by atoms with E-state index in [-0.39, 0.29) is 11.9 Å². The van der Waals surface area contributed by atoms with Crippen molar-refractivity contribution in [3.8, 4) is 11.6 Å². The lowest BCUT2D eigenvalue weighted by Gasteiger charge is -2.18. The van der Waals surface area contributed by atoms with E-state index in [2.05, 4.69) is 36.2 Å². The van der Waals surface area contributed by atoms with Gasteiger partial charge in [-0.1, -0.05) is 51.1 Å². The van der Waals surface area contributed by atoms with Gasteiger partial charge in [0.25, 0.3) is 0 Å². The zero-order chi connectivity index (χ0) is 23.9. The van der Waals surface area contributed by atoms with Crippen molar-refractivity contribution >= 4 is 40.3 Å². The van der Waals surface area contributed by atoms with Crippen LogP contribution >= 0.6 is 11.3 Å². The second-order valence-electron chi connectivity index (χ2n) is 8.74. The van der Waals surface area contributed by atoms with Crippen LogP contribution in [0.2, 0.25) is 13.1 Å². The Balaban J connectivity index is 1.51. The number of thiazole rings is 1. The maximum Gasteiger partial charge on any atom is 0.309 e. The maximum absolute atomic E-state index is 12.2. The molecule has 0 aliphatic heterocycles. The van der Waals surface area contributed by atoms with E-state index in [0.29, 0.717) is 25.6 Å². The quantitative estimate of drug-likeness (QED) is 0.291. The predicted molar refractivity (Wildman–Crippen MR) is 139 cm³/mol. The minimum absolute atomic E-state index is 0.0794. The highest BCUT2D eigenvalue weighted by atomic mass is 32.1. The minimum Gasteiger partial charge on any atom is -0.466 e. The van der Waals surface area contributed by atoms with Gasteiger partial charge in [0.05, 0.1) is 18.2 Å². The number of nitrogens with one attached hydrogen (secondary N) is 1. The molecule has 0 saturated heterocycles. The number of ether oxygens (including phenoxy) is 2. The fraction of sp³-hybridized carbons (Fsp3) is 0.423. The van der Waals surface area contributed by atoms with E-state index in [1.165, 1.54) is 18.3 Å². The first-order chi connectivity index (χ1) is 16.6. The van der Waals surface area contributed by atoms with Crippen LogP contribution in [0.3, 0.4) is 0 Å². The smallest absolute Gasteiger partial charge is 0.309 e. The Bertz CT molecular complexity index is 1120. The highest BCUT2D eigenvalue weighted by Crippen LogP contribution is 2.36. The van der Waals surface area contributed by atoms with Gasteiger partial charge in [0.2, 0.25) is 5.88 Å². The number of fused-ring (bicyclic) bond motifs is 1. The molecule has 0 radical (unpaired) electrons. The SMILES string of the molecule is CCCCB(C)c1ccccc1Oc1ncccc1Nc1nc2c(s1)CC(C(=O)OCC)CC2. The highest BCUT2D eigenvalue weighted by molar-refractivity contribution is 7.15. The average Bonchev–Trinajstić information content (AvgIpc) is 3.26. The number of aromatic nitrogens is 2. The first kappa shape index (κ1) is 24.3. The summed E-state index contributed by atoms with van der Waals surface area (Å²) in [5.74, 6) is 1.17. The van der Waals surface area contributed by atoms with Crippen molar-refractivity contribution in [2.45, 2.75) is 59.1 Å². The molecule has 8 heteroatoms. The molecule has 3 aromatic rings. The van der Waals surface area contributed by atoms with Gasteiger partial charge in [0.15, 0.2) is 11.8 Å². The fourth-order valence-corrected chi connectivity index (χ4v) is 5.42. The van der Waals surface area contributed by atoms with Crippen molar-refractivity contribution in [2.75, 3.05) is 11.9 Å². The summed E-state index contributed by atoms with van der Waals surface area (Å²) < 4.78 is 11.6. The van der Waals surface area contributed by atoms with Crippen molar-refractivity contribution in [1.29, 1.82) is 0 Å². The van der Waals surface area contributed by atoms with Crippen molar-refractivity contribution < 1.29 is 14.3 Å². The average molecular weight is 477 g/mol. The summed E-state index contributed by atoms with van der Waals surface area (Å²) in [5, 5.41) is 4.19. The number of rotatable bonds is 10. The van der Waals surface area contributed by atoms with Gasteiger partial charge in [-0.3, -0.25) is 4.79 Å². The summed E-state index contributed by atoms with van der Waals surface area (Å²) in [6.07, 6.45) is 7.49. The Morgan fingerprint density at radius 1 is 1.24 bits per heavy atom. The minimum atomic E-state index is -0.106. The van der Waals surface area contributed by atoms with Crippen LogP contribution in [-0.4, -0.2) is 29.3 Å². The molecule has 0 fully saturated rings. The summed E-state index contributed by atoms with van der Waals surface area (Å²) in [6, 6.07) is 12.0. The van der Waals surface area contributed by atoms with Crippen LogP contribution in [0.4, 0.5) is 10.8 Å². The number of para-hydroxylation sites is 1. The number of aryl methyl sites for hydroxylation is 1. The first-order valence-corrected chi connectivity index (χ1v) is 13.0. The topological polar surface area (TPSA) is 73.3 Å². The second kappa shape index (κ2) is 11.5. The lowest BCUT2D eigenvalue weighted by Crippen LogP contribution is -2.27. The molecule has 1 aromatic carbocycles. The van der Waals surface area contributed by atoms with E-state index in [4.69, 9.17) is 14.5 Å². The summed E-state index contributed by atoms with van der Waals surface area (Å²) in [5.41, 5.74) is 3.03. The molecule has 6 nitrogen and oxygen atoms in total. The zero-order valence-corrected chi connectivity index (χ0v) is 21.0. The van der Waals surface area contributed by atoms with Gasteiger partial charge >= 0.3 is 5.97 Å². The molecule has 1 N–H and O–H groups in total. The van der Waals surface area contributed by atoms with Crippen molar-refractivity contribution in [3.05, 3.63) is 53.2 Å². The van der Waals surface area contributed by atoms with Crippen LogP contribution < -0.4 is 15.5 Å². The molecule has 0 saturated carbocycles. The van der Waals surface area contributed by atoms with Crippen molar-refractivity contribution in [3.63, 3.8) is 0 Å². The van der Waals surface area contributed by atoms with Gasteiger partial charge in [0.1, 0.15) is 11.4 Å². The lowest BCUT2D eigenvalue weighted by molar-refractivity contribution is -0.148. The van der Waals surface area contributed by atoms with E-state index in [9.17, 15) is 4.79 Å². The standard InChI is InChI=1S/C26H32BN3O3S/c1-4-6-15-27(3)19-10-7-8-12-22(19)33-24-21(11-9-16-28-24)30-26-29-20-14-13-18(17-23(20)34-26)25(31)32-5-2/h7-12,16,18H,4-6,13-15,17H2,1-3H3,(H,29,30). The first-order valence-electron chi connectivity index (χ1n) is 12.2. The molecule has 0 amide bonds. The molecule has 1 aliphatic carbocycles. The number of hydrogen-bond donors (Lipinski definition) is 1. The molecule has 2 heterocycles. The Labute approximate surface area is 206 Å². The number of pyridine rings is 1. The fourth-order valence-electron chi connectivity index (χ4n) is 4.32. The van der Waals surface area contributed by atoms with Gasteiger partial charge in [-0.25, -0.2) is 9.97 Å². The van der Waals surface area contributed by atoms with Crippen LogP contribution in [-0.2, 0) is 22.4 Å². The third kappa shape index (κ3) is 5.79. The largest absolute Gasteiger partial charge is 0.466 e. The van der Waals surface area contributed by atoms with Gasteiger partial charge in [-0.2, -0.15) is 0 Å². The Kier molecular flexibility index (Phi) is 8.22. The van der Waals surface area contributed by atoms with Crippen LogP contribution in [0, 0.1) is 5.92 Å². The molecule has 1 aliphatic rings. The number of carbonyl (C=O) groups excluding carboxylic acids is 1. The molecule has 1 atom stereocenters. The molecule has 2 aromatic heterocycles. The molecule has 178 valence electrons. The van der Waals surface area contributed by atoms with Gasteiger partial charge in [0, 0.05) is 11.1 Å². The predicted octanol–water partition coefficient (Wildman–Crippen LogP) is 5.87. The third-order valence-corrected chi connectivity index (χ3v) is 7.25. The Morgan fingerprint density at radius 3 is 2.91 bits per heavy atom. The van der Waals surface area contributed by atoms with Crippen LogP contribution in [0.25, 0.3) is 0 Å². The maximum atomic E-state index is 12.2. The van der Waals surface area contributed by atoms with Gasteiger partial charge in [-0.15, -0.1) is 11.3 Å². The number of carbonyl (C=O) groups is 1. The zero-order valence-electron chi connectivity index (χ0n) is 20.2. The van der Waals surface area contributed by atoms with Crippen molar-refractivity contribution in [2.24, 2.45) is 5.92 Å². The van der Waals surface area contributed by atoms with Crippen LogP contribution in [0.15, 0.2) is 42.6 Å². The van der Waals surface area contributed by atoms with Crippen molar-refractivity contribution in [1.82, 2.24) is 9.97 Å². The summed E-state index contributed by atoms with van der Waals surface area (Å²) in [4.78, 5) is 22.6.